The lowest BCUT2D eigenvalue weighted by Crippen LogP contribution is -2.21. The zero-order valence-electron chi connectivity index (χ0n) is 9.27. The first-order chi connectivity index (χ1) is 6.94. The van der Waals surface area contributed by atoms with Crippen LogP contribution >= 0.6 is 0 Å². The number of imidazole rings is 1. The second-order valence-electron chi connectivity index (χ2n) is 3.69. The molecule has 6 heteroatoms. The number of hydrogen-bond acceptors (Lipinski definition) is 4. The molecular weight excluding hydrogens is 214 g/mol. The highest BCUT2D eigenvalue weighted by Crippen LogP contribution is 2.15. The normalized spacial score (nSPS) is 14.1. The fourth-order valence-electron chi connectivity index (χ4n) is 1.48. The fourth-order valence-corrected chi connectivity index (χ4v) is 2.14. The second kappa shape index (κ2) is 4.76. The first-order valence-corrected chi connectivity index (χ1v) is 6.81. The van der Waals surface area contributed by atoms with Crippen LogP contribution in [0.4, 0.5) is 0 Å². The van der Waals surface area contributed by atoms with Crippen LogP contribution in [0.5, 0.6) is 0 Å². The maximum atomic E-state index is 11.1. The molecule has 0 aliphatic rings. The van der Waals surface area contributed by atoms with E-state index < -0.39 is 9.84 Å². The Morgan fingerprint density at radius 2 is 2.27 bits per heavy atom. The van der Waals surface area contributed by atoms with E-state index in [1.165, 1.54) is 6.26 Å². The van der Waals surface area contributed by atoms with Crippen molar-refractivity contribution in [3.8, 4) is 0 Å². The van der Waals surface area contributed by atoms with Gasteiger partial charge in [-0.2, -0.15) is 0 Å². The van der Waals surface area contributed by atoms with E-state index in [0.29, 0.717) is 6.42 Å². The molecule has 1 aromatic heterocycles. The van der Waals surface area contributed by atoms with Crippen LogP contribution in [0.2, 0.25) is 0 Å². The predicted octanol–water partition coefficient (Wildman–Crippen LogP) is 0.115. The summed E-state index contributed by atoms with van der Waals surface area (Å²) in [6.07, 6.45) is 5.28. The van der Waals surface area contributed by atoms with Crippen molar-refractivity contribution in [2.45, 2.75) is 12.5 Å². The number of rotatable bonds is 5. The largest absolute Gasteiger partial charge is 0.336 e. The molecule has 0 spiro atoms. The van der Waals surface area contributed by atoms with Gasteiger partial charge < -0.3 is 9.88 Å². The summed E-state index contributed by atoms with van der Waals surface area (Å²) in [6.45, 7) is 0. The summed E-state index contributed by atoms with van der Waals surface area (Å²) in [5.74, 6) is 0.184. The Morgan fingerprint density at radius 1 is 1.60 bits per heavy atom. The van der Waals surface area contributed by atoms with Crippen LogP contribution in [0.25, 0.3) is 0 Å². The number of aryl methyl sites for hydroxylation is 1. The van der Waals surface area contributed by atoms with Crippen molar-refractivity contribution in [2.75, 3.05) is 19.1 Å². The minimum absolute atomic E-state index is 0.0345. The molecule has 1 N–H and O–H groups in total. The second-order valence-corrected chi connectivity index (χ2v) is 5.95. The van der Waals surface area contributed by atoms with Gasteiger partial charge in [0.15, 0.2) is 0 Å². The fraction of sp³-hybridized carbons (Fsp3) is 0.667. The highest BCUT2D eigenvalue weighted by Gasteiger charge is 2.15. The van der Waals surface area contributed by atoms with E-state index >= 15 is 0 Å². The number of hydrogen-bond donors (Lipinski definition) is 1. The van der Waals surface area contributed by atoms with E-state index in [1.807, 2.05) is 18.7 Å². The molecule has 1 aromatic rings. The number of sulfone groups is 1. The van der Waals surface area contributed by atoms with Crippen LogP contribution in [0.1, 0.15) is 18.2 Å². The third kappa shape index (κ3) is 3.64. The molecule has 1 heterocycles. The Bertz CT molecular complexity index is 411. The van der Waals surface area contributed by atoms with Gasteiger partial charge >= 0.3 is 0 Å². The van der Waals surface area contributed by atoms with Crippen LogP contribution in [-0.2, 0) is 16.9 Å². The van der Waals surface area contributed by atoms with Crippen LogP contribution in [0, 0.1) is 0 Å². The molecule has 15 heavy (non-hydrogen) atoms. The van der Waals surface area contributed by atoms with Gasteiger partial charge in [0, 0.05) is 25.5 Å². The average Bonchev–Trinajstić information content (AvgIpc) is 2.52. The van der Waals surface area contributed by atoms with Crippen molar-refractivity contribution in [3.63, 3.8) is 0 Å². The van der Waals surface area contributed by atoms with E-state index in [1.54, 1.807) is 12.5 Å². The van der Waals surface area contributed by atoms with Gasteiger partial charge in [-0.25, -0.2) is 13.4 Å². The van der Waals surface area contributed by atoms with E-state index in [-0.39, 0.29) is 11.8 Å². The summed E-state index contributed by atoms with van der Waals surface area (Å²) in [6, 6.07) is 0.0345. The lowest BCUT2D eigenvalue weighted by Gasteiger charge is -2.15. The Hall–Kier alpha value is -0.880. The molecule has 0 aliphatic heterocycles. The van der Waals surface area contributed by atoms with E-state index in [0.717, 1.165) is 5.69 Å². The van der Waals surface area contributed by atoms with E-state index in [9.17, 15) is 8.42 Å². The average molecular weight is 231 g/mol. The molecule has 1 atom stereocenters. The lowest BCUT2D eigenvalue weighted by molar-refractivity contribution is 0.534. The van der Waals surface area contributed by atoms with Gasteiger partial charge in [0.25, 0.3) is 0 Å². The molecule has 86 valence electrons. The summed E-state index contributed by atoms with van der Waals surface area (Å²) in [4.78, 5) is 4.01. The summed E-state index contributed by atoms with van der Waals surface area (Å²) in [5, 5.41) is 3.09. The monoisotopic (exact) mass is 231 g/mol. The van der Waals surface area contributed by atoms with Crippen molar-refractivity contribution in [2.24, 2.45) is 7.05 Å². The van der Waals surface area contributed by atoms with Gasteiger partial charge in [-0.15, -0.1) is 0 Å². The molecule has 1 rings (SSSR count). The zero-order chi connectivity index (χ0) is 11.5. The third-order valence-corrected chi connectivity index (χ3v) is 3.31. The highest BCUT2D eigenvalue weighted by atomic mass is 32.2. The highest BCUT2D eigenvalue weighted by molar-refractivity contribution is 7.90. The van der Waals surface area contributed by atoms with Crippen LogP contribution in [-0.4, -0.2) is 37.0 Å². The smallest absolute Gasteiger partial charge is 0.147 e. The van der Waals surface area contributed by atoms with Gasteiger partial charge in [-0.1, -0.05) is 0 Å². The Labute approximate surface area is 90.4 Å². The molecule has 0 bridgehead atoms. The predicted molar refractivity (Wildman–Crippen MR) is 59.3 cm³/mol. The van der Waals surface area contributed by atoms with Crippen LogP contribution in [0.3, 0.4) is 0 Å². The standard InChI is InChI=1S/C9H17N3O2S/c1-10-8(4-5-15(3,13)14)9-6-11-7-12(9)2/h6-8,10H,4-5H2,1-3H3. The zero-order valence-corrected chi connectivity index (χ0v) is 10.1. The van der Waals surface area contributed by atoms with Crippen molar-refractivity contribution in [1.29, 1.82) is 0 Å². The summed E-state index contributed by atoms with van der Waals surface area (Å²) >= 11 is 0. The Morgan fingerprint density at radius 3 is 2.67 bits per heavy atom. The number of nitrogens with one attached hydrogen (secondary N) is 1. The molecule has 1 unspecified atom stereocenters. The van der Waals surface area contributed by atoms with Gasteiger partial charge in [-0.3, -0.25) is 0 Å². The molecule has 0 fully saturated rings. The summed E-state index contributed by atoms with van der Waals surface area (Å²) in [7, 11) is 0.812. The molecule has 5 nitrogen and oxygen atoms in total. The van der Waals surface area contributed by atoms with E-state index in [4.69, 9.17) is 0 Å². The van der Waals surface area contributed by atoms with Crippen molar-refractivity contribution in [3.05, 3.63) is 18.2 Å². The molecular formula is C9H17N3O2S. The van der Waals surface area contributed by atoms with Gasteiger partial charge in [0.2, 0.25) is 0 Å². The lowest BCUT2D eigenvalue weighted by atomic mass is 10.2. The molecule has 0 amide bonds. The molecule has 0 radical (unpaired) electrons. The van der Waals surface area contributed by atoms with Crippen molar-refractivity contribution in [1.82, 2.24) is 14.9 Å². The van der Waals surface area contributed by atoms with E-state index in [2.05, 4.69) is 10.3 Å². The van der Waals surface area contributed by atoms with Gasteiger partial charge in [-0.05, 0) is 13.5 Å². The Kier molecular flexibility index (Phi) is 3.87. The quantitative estimate of drug-likeness (QED) is 0.781. The van der Waals surface area contributed by atoms with Crippen LogP contribution < -0.4 is 5.32 Å². The van der Waals surface area contributed by atoms with Crippen LogP contribution in [0.15, 0.2) is 12.5 Å². The number of nitrogens with zero attached hydrogens (tertiary/aromatic N) is 2. The van der Waals surface area contributed by atoms with Gasteiger partial charge in [0.1, 0.15) is 9.84 Å². The SMILES string of the molecule is CNC(CCS(C)(=O)=O)c1cncn1C. The summed E-state index contributed by atoms with van der Waals surface area (Å²) < 4.78 is 24.0. The number of aromatic nitrogens is 2. The summed E-state index contributed by atoms with van der Waals surface area (Å²) in [5.41, 5.74) is 1.00. The minimum Gasteiger partial charge on any atom is -0.336 e. The molecule has 0 aliphatic carbocycles. The Balaban J connectivity index is 2.70. The molecule has 0 saturated carbocycles. The molecule has 0 saturated heterocycles. The topological polar surface area (TPSA) is 64.0 Å². The van der Waals surface area contributed by atoms with Crippen molar-refractivity contribution < 1.29 is 8.42 Å². The first-order valence-electron chi connectivity index (χ1n) is 4.75. The maximum absolute atomic E-state index is 11.1. The first kappa shape index (κ1) is 12.2. The third-order valence-electron chi connectivity index (χ3n) is 2.34. The minimum atomic E-state index is -2.90. The molecule has 0 aromatic carbocycles. The van der Waals surface area contributed by atoms with Crippen molar-refractivity contribution >= 4 is 9.84 Å². The van der Waals surface area contributed by atoms with Gasteiger partial charge in [0.05, 0.1) is 17.8 Å². The maximum Gasteiger partial charge on any atom is 0.147 e.